The van der Waals surface area contributed by atoms with Crippen LogP contribution in [0, 0.1) is 17.2 Å². The second kappa shape index (κ2) is 6.85. The topological polar surface area (TPSA) is 56.1 Å². The van der Waals surface area contributed by atoms with Crippen molar-refractivity contribution in [1.29, 1.82) is 5.26 Å². The summed E-state index contributed by atoms with van der Waals surface area (Å²) in [5, 5.41) is 13.3. The lowest BCUT2D eigenvalue weighted by atomic mass is 9.78. The zero-order chi connectivity index (χ0) is 16.5. The first-order valence-corrected chi connectivity index (χ1v) is 10.2. The first-order valence-electron chi connectivity index (χ1n) is 9.35. The van der Waals surface area contributed by atoms with Crippen LogP contribution in [0.5, 0.6) is 0 Å². The van der Waals surface area contributed by atoms with Gasteiger partial charge in [-0.2, -0.15) is 5.26 Å². The largest absolute Gasteiger partial charge is 0.315 e. The molecular formula is C19H25N3OS. The molecule has 0 spiro atoms. The van der Waals surface area contributed by atoms with E-state index in [1.54, 1.807) is 11.3 Å². The number of amides is 1. The van der Waals surface area contributed by atoms with E-state index < -0.39 is 0 Å². The van der Waals surface area contributed by atoms with Crippen molar-refractivity contribution in [3.05, 3.63) is 16.0 Å². The maximum absolute atomic E-state index is 12.6. The maximum Gasteiger partial charge on any atom is 0.239 e. The number of rotatable bonds is 3. The van der Waals surface area contributed by atoms with Gasteiger partial charge in [-0.1, -0.05) is 12.8 Å². The molecule has 1 amide bonds. The number of hydrogen-bond acceptors (Lipinski definition) is 4. The normalized spacial score (nSPS) is 26.5. The second-order valence-corrected chi connectivity index (χ2v) is 8.55. The van der Waals surface area contributed by atoms with Gasteiger partial charge >= 0.3 is 0 Å². The van der Waals surface area contributed by atoms with Crippen molar-refractivity contribution in [3.63, 3.8) is 0 Å². The van der Waals surface area contributed by atoms with Crippen molar-refractivity contribution in [2.24, 2.45) is 5.92 Å². The van der Waals surface area contributed by atoms with Gasteiger partial charge in [0.05, 0.1) is 12.1 Å². The van der Waals surface area contributed by atoms with Gasteiger partial charge in [0, 0.05) is 10.9 Å². The van der Waals surface area contributed by atoms with E-state index in [4.69, 9.17) is 0 Å². The highest BCUT2D eigenvalue weighted by Crippen LogP contribution is 2.39. The average molecular weight is 343 g/mol. The molecule has 1 N–H and O–H groups in total. The number of fused-ring (bicyclic) bond motifs is 2. The third-order valence-corrected chi connectivity index (χ3v) is 7.20. The lowest BCUT2D eigenvalue weighted by Gasteiger charge is -2.43. The van der Waals surface area contributed by atoms with Crippen molar-refractivity contribution in [1.82, 2.24) is 4.90 Å². The lowest BCUT2D eigenvalue weighted by Crippen LogP contribution is -2.49. The van der Waals surface area contributed by atoms with Gasteiger partial charge < -0.3 is 5.32 Å². The zero-order valence-electron chi connectivity index (χ0n) is 14.1. The Morgan fingerprint density at radius 2 is 2.04 bits per heavy atom. The molecule has 2 fully saturated rings. The number of hydrogen-bond donors (Lipinski definition) is 1. The molecule has 1 saturated heterocycles. The summed E-state index contributed by atoms with van der Waals surface area (Å²) in [6.07, 6.45) is 11.0. The van der Waals surface area contributed by atoms with Crippen LogP contribution < -0.4 is 5.32 Å². The van der Waals surface area contributed by atoms with Gasteiger partial charge in [-0.05, 0) is 63.0 Å². The Morgan fingerprint density at radius 1 is 1.21 bits per heavy atom. The van der Waals surface area contributed by atoms with Gasteiger partial charge in [-0.15, -0.1) is 11.3 Å². The second-order valence-electron chi connectivity index (χ2n) is 7.45. The Labute approximate surface area is 147 Å². The molecule has 4 rings (SSSR count). The van der Waals surface area contributed by atoms with E-state index in [2.05, 4.69) is 16.3 Å². The number of nitrogens with zero attached hydrogens (tertiary/aromatic N) is 2. The number of anilines is 1. The minimum Gasteiger partial charge on any atom is -0.315 e. The predicted octanol–water partition coefficient (Wildman–Crippen LogP) is 3.70. The van der Waals surface area contributed by atoms with E-state index in [0.29, 0.717) is 12.6 Å². The molecular weight excluding hydrogens is 318 g/mol. The third-order valence-electron chi connectivity index (χ3n) is 5.99. The number of piperidine rings is 1. The number of nitrogens with one attached hydrogen (secondary N) is 1. The molecule has 0 aromatic carbocycles. The highest BCUT2D eigenvalue weighted by molar-refractivity contribution is 7.16. The SMILES string of the molecule is N#Cc1c(NC(=O)CN2CCC[C@@H]3CCCC[C@@H]32)sc2c1CCC2. The molecule has 24 heavy (non-hydrogen) atoms. The molecule has 1 aromatic heterocycles. The van der Waals surface area contributed by atoms with E-state index in [1.165, 1.54) is 49.0 Å². The summed E-state index contributed by atoms with van der Waals surface area (Å²) in [6, 6.07) is 2.91. The molecule has 4 nitrogen and oxygen atoms in total. The maximum atomic E-state index is 12.6. The van der Waals surface area contributed by atoms with Gasteiger partial charge in [0.1, 0.15) is 11.1 Å². The van der Waals surface area contributed by atoms with Crippen molar-refractivity contribution >= 4 is 22.2 Å². The lowest BCUT2D eigenvalue weighted by molar-refractivity contribution is -0.118. The van der Waals surface area contributed by atoms with Crippen molar-refractivity contribution in [2.45, 2.75) is 63.8 Å². The van der Waals surface area contributed by atoms with Gasteiger partial charge in [-0.25, -0.2) is 0 Å². The summed E-state index contributed by atoms with van der Waals surface area (Å²) in [5.74, 6) is 0.846. The van der Waals surface area contributed by atoms with E-state index in [1.807, 2.05) is 0 Å². The van der Waals surface area contributed by atoms with E-state index >= 15 is 0 Å². The predicted molar refractivity (Wildman–Crippen MR) is 96.2 cm³/mol. The molecule has 0 unspecified atom stereocenters. The van der Waals surface area contributed by atoms with Gasteiger partial charge in [0.25, 0.3) is 0 Å². The average Bonchev–Trinajstić information content (AvgIpc) is 3.15. The molecule has 128 valence electrons. The quantitative estimate of drug-likeness (QED) is 0.910. The van der Waals surface area contributed by atoms with Crippen LogP contribution in [0.1, 0.15) is 60.9 Å². The minimum atomic E-state index is 0.0534. The molecule has 0 bridgehead atoms. The van der Waals surface area contributed by atoms with E-state index in [0.717, 1.165) is 42.3 Å². The van der Waals surface area contributed by atoms with Crippen LogP contribution in [-0.4, -0.2) is 29.9 Å². The first kappa shape index (κ1) is 16.1. The highest BCUT2D eigenvalue weighted by Gasteiger charge is 2.34. The number of carbonyl (C=O) groups excluding carboxylic acids is 1. The van der Waals surface area contributed by atoms with E-state index in [-0.39, 0.29) is 5.91 Å². The van der Waals surface area contributed by atoms with Gasteiger partial charge in [-0.3, -0.25) is 9.69 Å². The van der Waals surface area contributed by atoms with Crippen molar-refractivity contribution in [3.8, 4) is 6.07 Å². The molecule has 1 aliphatic heterocycles. The molecule has 1 saturated carbocycles. The molecule has 2 heterocycles. The minimum absolute atomic E-state index is 0.0534. The van der Waals surface area contributed by atoms with Crippen LogP contribution in [0.3, 0.4) is 0 Å². The van der Waals surface area contributed by atoms with Crippen LogP contribution in [0.2, 0.25) is 0 Å². The Bertz CT molecular complexity index is 673. The van der Waals surface area contributed by atoms with Crippen molar-refractivity contribution < 1.29 is 4.79 Å². The van der Waals surface area contributed by atoms with Crippen molar-refractivity contribution in [2.75, 3.05) is 18.4 Å². The van der Waals surface area contributed by atoms with Crippen LogP contribution in [-0.2, 0) is 17.6 Å². The number of likely N-dealkylation sites (tertiary alicyclic amines) is 1. The highest BCUT2D eigenvalue weighted by atomic mass is 32.1. The summed E-state index contributed by atoms with van der Waals surface area (Å²) >= 11 is 1.61. The number of nitriles is 1. The monoisotopic (exact) mass is 343 g/mol. The first-order chi connectivity index (χ1) is 11.8. The summed E-state index contributed by atoms with van der Waals surface area (Å²) < 4.78 is 0. The summed E-state index contributed by atoms with van der Waals surface area (Å²) in [4.78, 5) is 16.3. The molecule has 0 radical (unpaired) electrons. The summed E-state index contributed by atoms with van der Waals surface area (Å²) in [7, 11) is 0. The number of carbonyl (C=O) groups is 1. The molecule has 3 aliphatic rings. The standard InChI is InChI=1S/C19H25N3OS/c20-11-15-14-7-3-9-17(14)24-19(15)21-18(23)12-22-10-4-6-13-5-1-2-8-16(13)22/h13,16H,1-10,12H2,(H,21,23)/t13-,16-/m0/s1. The van der Waals surface area contributed by atoms with Crippen LogP contribution in [0.25, 0.3) is 0 Å². The molecule has 2 atom stereocenters. The number of aryl methyl sites for hydroxylation is 1. The van der Waals surface area contributed by atoms with Crippen LogP contribution in [0.4, 0.5) is 5.00 Å². The fraction of sp³-hybridized carbons (Fsp3) is 0.684. The Morgan fingerprint density at radius 3 is 2.92 bits per heavy atom. The van der Waals surface area contributed by atoms with Gasteiger partial charge in [0.15, 0.2) is 0 Å². The Kier molecular flexibility index (Phi) is 4.60. The third kappa shape index (κ3) is 2.98. The zero-order valence-corrected chi connectivity index (χ0v) is 15.0. The van der Waals surface area contributed by atoms with Crippen LogP contribution in [0.15, 0.2) is 0 Å². The smallest absolute Gasteiger partial charge is 0.239 e. The summed E-state index contributed by atoms with van der Waals surface area (Å²) in [6.45, 7) is 1.52. The fourth-order valence-electron chi connectivity index (χ4n) is 4.89. The van der Waals surface area contributed by atoms with Gasteiger partial charge in [0.2, 0.25) is 5.91 Å². The molecule has 2 aliphatic carbocycles. The Hall–Kier alpha value is -1.38. The van der Waals surface area contributed by atoms with E-state index in [9.17, 15) is 10.1 Å². The summed E-state index contributed by atoms with van der Waals surface area (Å²) in [5.41, 5.74) is 1.90. The molecule has 5 heteroatoms. The fourth-order valence-corrected chi connectivity index (χ4v) is 6.14. The molecule has 1 aromatic rings. The Balaban J connectivity index is 1.43. The number of thiophene rings is 1. The van der Waals surface area contributed by atoms with Crippen LogP contribution >= 0.6 is 11.3 Å².